The van der Waals surface area contributed by atoms with Crippen molar-refractivity contribution in [1.82, 2.24) is 19.9 Å². The molecule has 0 aliphatic carbocycles. The average Bonchev–Trinajstić information content (AvgIpc) is 3.27. The minimum atomic E-state index is 0.0415. The fourth-order valence-electron chi connectivity index (χ4n) is 4.70. The molecule has 2 aromatic carbocycles. The summed E-state index contributed by atoms with van der Waals surface area (Å²) in [5, 5.41) is 17.4. The standard InChI is InChI=1S/C28H29N7O2/c1-4-26(36)35-18(2)15-22-19(3)25(10-9-24(22)35)37-28-23(16-29)27(31-17-32-28)33-20-5-7-21(8-6-20)34-13-11-30-12-14-34/h5-10,15,17,30H,4,11-14H2,1-3H3,(H,31,32,33). The molecule has 5 rings (SSSR count). The maximum atomic E-state index is 12.4. The smallest absolute Gasteiger partial charge is 0.242 e. The van der Waals surface area contributed by atoms with Crippen molar-refractivity contribution in [2.75, 3.05) is 36.4 Å². The average molecular weight is 496 g/mol. The van der Waals surface area contributed by atoms with Crippen LogP contribution in [0.1, 0.15) is 35.0 Å². The van der Waals surface area contributed by atoms with Crippen molar-refractivity contribution in [2.24, 2.45) is 0 Å². The lowest BCUT2D eigenvalue weighted by molar-refractivity contribution is 0.0912. The first-order chi connectivity index (χ1) is 18.0. The second kappa shape index (κ2) is 10.3. The predicted molar refractivity (Wildman–Crippen MR) is 144 cm³/mol. The molecule has 4 aromatic rings. The molecule has 0 bridgehead atoms. The molecule has 0 unspecified atom stereocenters. The third-order valence-electron chi connectivity index (χ3n) is 6.68. The Kier molecular flexibility index (Phi) is 6.75. The third-order valence-corrected chi connectivity index (χ3v) is 6.68. The highest BCUT2D eigenvalue weighted by molar-refractivity contribution is 5.96. The monoisotopic (exact) mass is 495 g/mol. The number of hydrogen-bond acceptors (Lipinski definition) is 8. The number of hydrogen-bond donors (Lipinski definition) is 2. The molecule has 1 aliphatic heterocycles. The van der Waals surface area contributed by atoms with Crippen LogP contribution in [0, 0.1) is 25.2 Å². The van der Waals surface area contributed by atoms with Crippen LogP contribution in [0.3, 0.4) is 0 Å². The number of carbonyl (C=O) groups excluding carboxylic acids is 1. The summed E-state index contributed by atoms with van der Waals surface area (Å²) in [7, 11) is 0. The molecular formula is C28H29N7O2. The van der Waals surface area contributed by atoms with Crippen molar-refractivity contribution in [1.29, 1.82) is 5.26 Å². The van der Waals surface area contributed by atoms with E-state index >= 15 is 0 Å². The van der Waals surface area contributed by atoms with Crippen molar-refractivity contribution >= 4 is 34.0 Å². The van der Waals surface area contributed by atoms with Crippen LogP contribution in [-0.4, -0.2) is 46.6 Å². The quantitative estimate of drug-likeness (QED) is 0.388. The largest absolute Gasteiger partial charge is 0.437 e. The molecule has 0 amide bonds. The molecule has 0 radical (unpaired) electrons. The summed E-state index contributed by atoms with van der Waals surface area (Å²) in [4.78, 5) is 23.3. The number of ether oxygens (including phenoxy) is 1. The van der Waals surface area contributed by atoms with E-state index in [0.29, 0.717) is 18.0 Å². The first-order valence-corrected chi connectivity index (χ1v) is 12.4. The fraction of sp³-hybridized carbons (Fsp3) is 0.286. The van der Waals surface area contributed by atoms with Gasteiger partial charge in [-0.2, -0.15) is 5.26 Å². The normalized spacial score (nSPS) is 13.4. The molecule has 0 atom stereocenters. The lowest BCUT2D eigenvalue weighted by Crippen LogP contribution is -2.43. The zero-order chi connectivity index (χ0) is 25.9. The summed E-state index contributed by atoms with van der Waals surface area (Å²) < 4.78 is 7.86. The molecule has 0 spiro atoms. The molecule has 9 nitrogen and oxygen atoms in total. The molecular weight excluding hydrogens is 466 g/mol. The van der Waals surface area contributed by atoms with Crippen LogP contribution in [-0.2, 0) is 0 Å². The molecule has 2 aromatic heterocycles. The van der Waals surface area contributed by atoms with Gasteiger partial charge in [-0.3, -0.25) is 9.36 Å². The van der Waals surface area contributed by atoms with Gasteiger partial charge in [0.2, 0.25) is 11.8 Å². The topological polar surface area (TPSA) is 108 Å². The first-order valence-electron chi connectivity index (χ1n) is 12.4. The second-order valence-corrected chi connectivity index (χ2v) is 9.02. The Morgan fingerprint density at radius 2 is 1.89 bits per heavy atom. The summed E-state index contributed by atoms with van der Waals surface area (Å²) >= 11 is 0. The number of rotatable bonds is 6. The van der Waals surface area contributed by atoms with Crippen LogP contribution >= 0.6 is 0 Å². The minimum absolute atomic E-state index is 0.0415. The van der Waals surface area contributed by atoms with Gasteiger partial charge in [-0.1, -0.05) is 6.92 Å². The number of piperazine rings is 1. The Morgan fingerprint density at radius 3 is 2.59 bits per heavy atom. The van der Waals surface area contributed by atoms with Crippen LogP contribution in [0.5, 0.6) is 11.6 Å². The summed E-state index contributed by atoms with van der Waals surface area (Å²) in [6, 6.07) is 15.9. The van der Waals surface area contributed by atoms with Crippen LogP contribution < -0.4 is 20.3 Å². The Bertz CT molecular complexity index is 1500. The SMILES string of the molecule is CCC(=O)n1c(C)cc2c(C)c(Oc3ncnc(Nc4ccc(N5CCNCC5)cc4)c3C#N)ccc21. The molecule has 1 fully saturated rings. The summed E-state index contributed by atoms with van der Waals surface area (Å²) in [5.74, 6) is 1.15. The molecule has 9 heteroatoms. The van der Waals surface area contributed by atoms with Crippen LogP contribution in [0.4, 0.5) is 17.2 Å². The van der Waals surface area contributed by atoms with Crippen molar-refractivity contribution in [3.63, 3.8) is 0 Å². The van der Waals surface area contributed by atoms with Crippen LogP contribution in [0.2, 0.25) is 0 Å². The zero-order valence-electron chi connectivity index (χ0n) is 21.2. The lowest BCUT2D eigenvalue weighted by atomic mass is 10.1. The number of nitrogens with zero attached hydrogens (tertiary/aromatic N) is 5. The first kappa shape index (κ1) is 24.3. The highest BCUT2D eigenvalue weighted by atomic mass is 16.5. The number of carbonyl (C=O) groups is 1. The number of nitriles is 1. The third kappa shape index (κ3) is 4.71. The second-order valence-electron chi connectivity index (χ2n) is 9.02. The Morgan fingerprint density at radius 1 is 1.14 bits per heavy atom. The number of aromatic nitrogens is 3. The molecule has 1 aliphatic rings. The number of fused-ring (bicyclic) bond motifs is 1. The maximum absolute atomic E-state index is 12.4. The van der Waals surface area contributed by atoms with Crippen molar-refractivity contribution in [3.8, 4) is 17.7 Å². The maximum Gasteiger partial charge on any atom is 0.242 e. The predicted octanol–water partition coefficient (Wildman–Crippen LogP) is 4.92. The fourth-order valence-corrected chi connectivity index (χ4v) is 4.70. The van der Waals surface area contributed by atoms with E-state index in [2.05, 4.69) is 43.7 Å². The van der Waals surface area contributed by atoms with E-state index in [-0.39, 0.29) is 17.4 Å². The number of benzene rings is 2. The van der Waals surface area contributed by atoms with Gasteiger partial charge in [0.15, 0.2) is 11.4 Å². The number of aryl methyl sites for hydroxylation is 2. The molecule has 188 valence electrons. The van der Waals surface area contributed by atoms with E-state index < -0.39 is 0 Å². The molecule has 3 heterocycles. The van der Waals surface area contributed by atoms with Gasteiger partial charge in [0.1, 0.15) is 18.1 Å². The molecule has 0 saturated carbocycles. The van der Waals surface area contributed by atoms with Gasteiger partial charge < -0.3 is 20.3 Å². The van der Waals surface area contributed by atoms with Gasteiger partial charge in [0.05, 0.1) is 5.52 Å². The zero-order valence-corrected chi connectivity index (χ0v) is 21.2. The highest BCUT2D eigenvalue weighted by Gasteiger charge is 2.18. The van der Waals surface area contributed by atoms with Crippen LogP contribution in [0.25, 0.3) is 10.9 Å². The van der Waals surface area contributed by atoms with E-state index in [9.17, 15) is 10.1 Å². The van der Waals surface area contributed by atoms with Gasteiger partial charge in [-0.15, -0.1) is 0 Å². The molecule has 2 N–H and O–H groups in total. The minimum Gasteiger partial charge on any atom is -0.437 e. The van der Waals surface area contributed by atoms with Gasteiger partial charge in [0.25, 0.3) is 0 Å². The van der Waals surface area contributed by atoms with Crippen LogP contribution in [0.15, 0.2) is 48.8 Å². The summed E-state index contributed by atoms with van der Waals surface area (Å²) in [5.41, 5.74) is 4.76. The molecule has 37 heavy (non-hydrogen) atoms. The Labute approximate surface area is 215 Å². The van der Waals surface area contributed by atoms with E-state index in [1.807, 2.05) is 51.1 Å². The van der Waals surface area contributed by atoms with Gasteiger partial charge in [-0.05, 0) is 56.3 Å². The van der Waals surface area contributed by atoms with Crippen molar-refractivity contribution in [3.05, 3.63) is 65.6 Å². The lowest BCUT2D eigenvalue weighted by Gasteiger charge is -2.29. The van der Waals surface area contributed by atoms with Crippen molar-refractivity contribution in [2.45, 2.75) is 27.2 Å². The van der Waals surface area contributed by atoms with E-state index in [0.717, 1.165) is 59.7 Å². The van der Waals surface area contributed by atoms with E-state index in [1.54, 1.807) is 4.57 Å². The summed E-state index contributed by atoms with van der Waals surface area (Å²) in [6.07, 6.45) is 1.80. The van der Waals surface area contributed by atoms with Gasteiger partial charge in [0, 0.05) is 60.6 Å². The Hall–Kier alpha value is -4.42. The highest BCUT2D eigenvalue weighted by Crippen LogP contribution is 2.34. The van der Waals surface area contributed by atoms with Crippen molar-refractivity contribution < 1.29 is 9.53 Å². The number of nitrogens with one attached hydrogen (secondary N) is 2. The van der Waals surface area contributed by atoms with Gasteiger partial charge in [-0.25, -0.2) is 9.97 Å². The Balaban J connectivity index is 1.41. The van der Waals surface area contributed by atoms with E-state index in [1.165, 1.54) is 6.33 Å². The van der Waals surface area contributed by atoms with E-state index in [4.69, 9.17) is 4.74 Å². The van der Waals surface area contributed by atoms with Gasteiger partial charge >= 0.3 is 0 Å². The molecule has 1 saturated heterocycles. The summed E-state index contributed by atoms with van der Waals surface area (Å²) in [6.45, 7) is 9.60. The number of anilines is 3.